The van der Waals surface area contributed by atoms with E-state index in [9.17, 15) is 0 Å². The van der Waals surface area contributed by atoms with E-state index in [1.807, 2.05) is 0 Å². The van der Waals surface area contributed by atoms with Crippen LogP contribution in [0.4, 0.5) is 0 Å². The lowest BCUT2D eigenvalue weighted by molar-refractivity contribution is 0.119. The first-order valence-corrected chi connectivity index (χ1v) is 5.23. The van der Waals surface area contributed by atoms with Crippen molar-refractivity contribution < 1.29 is 5.11 Å². The molecule has 1 aliphatic heterocycles. The van der Waals surface area contributed by atoms with Gasteiger partial charge in [0.2, 0.25) is 0 Å². The first kappa shape index (κ1) is 10.0. The van der Waals surface area contributed by atoms with E-state index in [4.69, 9.17) is 5.11 Å². The zero-order chi connectivity index (χ0) is 8.81. The van der Waals surface area contributed by atoms with E-state index in [0.29, 0.717) is 12.6 Å². The van der Waals surface area contributed by atoms with Crippen molar-refractivity contribution in [1.29, 1.82) is 0 Å². The number of aliphatic hydroxyl groups excluding tert-OH is 1. The molecule has 1 N–H and O–H groups in total. The lowest BCUT2D eigenvalue weighted by Crippen LogP contribution is -2.40. The van der Waals surface area contributed by atoms with E-state index in [0.717, 1.165) is 6.42 Å². The van der Waals surface area contributed by atoms with Crippen LogP contribution in [-0.4, -0.2) is 35.7 Å². The predicted molar refractivity (Wildman–Crippen MR) is 51.2 cm³/mol. The Morgan fingerprint density at radius 3 is 2.92 bits per heavy atom. The van der Waals surface area contributed by atoms with E-state index in [1.54, 1.807) is 0 Å². The topological polar surface area (TPSA) is 23.5 Å². The van der Waals surface area contributed by atoms with Crippen LogP contribution in [0.15, 0.2) is 0 Å². The molecule has 0 aromatic rings. The van der Waals surface area contributed by atoms with Gasteiger partial charge in [0.05, 0.1) is 0 Å². The largest absolute Gasteiger partial charge is 0.396 e. The summed E-state index contributed by atoms with van der Waals surface area (Å²) in [7, 11) is 0. The fourth-order valence-corrected chi connectivity index (χ4v) is 2.12. The van der Waals surface area contributed by atoms with Gasteiger partial charge in [0.25, 0.3) is 0 Å². The highest BCUT2D eigenvalue weighted by molar-refractivity contribution is 4.75. The quantitative estimate of drug-likeness (QED) is 0.695. The molecule has 0 aliphatic carbocycles. The van der Waals surface area contributed by atoms with Crippen molar-refractivity contribution in [3.63, 3.8) is 0 Å². The summed E-state index contributed by atoms with van der Waals surface area (Å²) in [6.07, 6.45) is 6.20. The summed E-state index contributed by atoms with van der Waals surface area (Å²) in [5, 5.41) is 8.88. The monoisotopic (exact) mass is 171 g/mol. The van der Waals surface area contributed by atoms with Crippen molar-refractivity contribution >= 4 is 0 Å². The summed E-state index contributed by atoms with van der Waals surface area (Å²) in [5.74, 6) is 0. The van der Waals surface area contributed by atoms with Gasteiger partial charge in [-0.1, -0.05) is 13.3 Å². The molecule has 1 saturated heterocycles. The van der Waals surface area contributed by atoms with Crippen molar-refractivity contribution in [2.45, 2.75) is 45.1 Å². The second kappa shape index (κ2) is 5.55. The third-order valence-electron chi connectivity index (χ3n) is 2.72. The summed E-state index contributed by atoms with van der Waals surface area (Å²) in [6.45, 7) is 5.04. The molecule has 0 spiro atoms. The van der Waals surface area contributed by atoms with Crippen LogP contribution >= 0.6 is 0 Å². The normalized spacial score (nSPS) is 26.0. The van der Waals surface area contributed by atoms with E-state index in [2.05, 4.69) is 11.8 Å². The van der Waals surface area contributed by atoms with Crippen molar-refractivity contribution in [3.8, 4) is 0 Å². The maximum Gasteiger partial charge on any atom is 0.0445 e. The number of hydrogen-bond acceptors (Lipinski definition) is 2. The Morgan fingerprint density at radius 1 is 1.42 bits per heavy atom. The lowest BCUT2D eigenvalue weighted by Gasteiger charge is -2.35. The zero-order valence-electron chi connectivity index (χ0n) is 8.13. The first-order valence-electron chi connectivity index (χ1n) is 5.23. The molecule has 1 atom stereocenters. The van der Waals surface area contributed by atoms with Gasteiger partial charge in [0.1, 0.15) is 0 Å². The van der Waals surface area contributed by atoms with E-state index in [1.165, 1.54) is 38.8 Å². The smallest absolute Gasteiger partial charge is 0.0445 e. The molecule has 12 heavy (non-hydrogen) atoms. The molecule has 0 unspecified atom stereocenters. The van der Waals surface area contributed by atoms with E-state index < -0.39 is 0 Å². The number of rotatable bonds is 4. The van der Waals surface area contributed by atoms with Crippen molar-refractivity contribution in [2.24, 2.45) is 0 Å². The lowest BCUT2D eigenvalue weighted by atomic mass is 9.99. The van der Waals surface area contributed by atoms with Crippen molar-refractivity contribution in [3.05, 3.63) is 0 Å². The van der Waals surface area contributed by atoms with Crippen molar-refractivity contribution in [1.82, 2.24) is 4.90 Å². The minimum absolute atomic E-state index is 0.352. The summed E-state index contributed by atoms with van der Waals surface area (Å²) in [4.78, 5) is 2.54. The van der Waals surface area contributed by atoms with Gasteiger partial charge >= 0.3 is 0 Å². The van der Waals surface area contributed by atoms with Crippen LogP contribution in [0.1, 0.15) is 39.0 Å². The average Bonchev–Trinajstić information content (AvgIpc) is 2.09. The van der Waals surface area contributed by atoms with Gasteiger partial charge in [-0.2, -0.15) is 0 Å². The predicted octanol–water partition coefficient (Wildman–Crippen LogP) is 1.63. The van der Waals surface area contributed by atoms with Crippen LogP contribution < -0.4 is 0 Å². The number of likely N-dealkylation sites (tertiary alicyclic amines) is 1. The minimum atomic E-state index is 0.352. The number of hydrogen-bond donors (Lipinski definition) is 1. The second-order valence-electron chi connectivity index (χ2n) is 3.70. The molecule has 1 heterocycles. The number of piperidine rings is 1. The van der Waals surface area contributed by atoms with Gasteiger partial charge in [0.15, 0.2) is 0 Å². The van der Waals surface area contributed by atoms with Crippen LogP contribution in [0.5, 0.6) is 0 Å². The summed E-state index contributed by atoms with van der Waals surface area (Å²) >= 11 is 0. The zero-order valence-corrected chi connectivity index (χ0v) is 8.13. The van der Waals surface area contributed by atoms with Gasteiger partial charge in [0, 0.05) is 12.6 Å². The Labute approximate surface area is 75.6 Å². The highest BCUT2D eigenvalue weighted by Gasteiger charge is 2.20. The third-order valence-corrected chi connectivity index (χ3v) is 2.72. The number of nitrogens with zero attached hydrogens (tertiary/aromatic N) is 1. The van der Waals surface area contributed by atoms with E-state index in [-0.39, 0.29) is 0 Å². The Balaban J connectivity index is 2.31. The molecule has 0 amide bonds. The van der Waals surface area contributed by atoms with Crippen LogP contribution in [0.25, 0.3) is 0 Å². The van der Waals surface area contributed by atoms with Crippen LogP contribution in [-0.2, 0) is 0 Å². The Bertz CT molecular complexity index is 98.4. The van der Waals surface area contributed by atoms with Crippen molar-refractivity contribution in [2.75, 3.05) is 19.7 Å². The highest BCUT2D eigenvalue weighted by atomic mass is 16.3. The Morgan fingerprint density at radius 2 is 2.25 bits per heavy atom. The average molecular weight is 171 g/mol. The first-order chi connectivity index (χ1) is 5.88. The molecule has 72 valence electrons. The summed E-state index contributed by atoms with van der Waals surface area (Å²) in [6, 6.07) is 0.670. The van der Waals surface area contributed by atoms with Gasteiger partial charge in [-0.25, -0.2) is 0 Å². The molecule has 1 fully saturated rings. The molecule has 0 aromatic carbocycles. The van der Waals surface area contributed by atoms with Crippen LogP contribution in [0.2, 0.25) is 0 Å². The Kier molecular flexibility index (Phi) is 4.62. The SMILES string of the molecule is CCCN1CCCC[C@H]1CCO. The minimum Gasteiger partial charge on any atom is -0.396 e. The molecular formula is C10H21NO. The molecule has 2 nitrogen and oxygen atoms in total. The van der Waals surface area contributed by atoms with Crippen LogP contribution in [0, 0.1) is 0 Å². The Hall–Kier alpha value is -0.0800. The molecular weight excluding hydrogens is 150 g/mol. The summed E-state index contributed by atoms with van der Waals surface area (Å²) in [5.41, 5.74) is 0. The maximum atomic E-state index is 8.88. The molecule has 0 radical (unpaired) electrons. The molecule has 0 aromatic heterocycles. The highest BCUT2D eigenvalue weighted by Crippen LogP contribution is 2.19. The molecule has 1 rings (SSSR count). The maximum absolute atomic E-state index is 8.88. The molecule has 0 bridgehead atoms. The van der Waals surface area contributed by atoms with E-state index >= 15 is 0 Å². The second-order valence-corrected chi connectivity index (χ2v) is 3.70. The number of aliphatic hydroxyl groups is 1. The van der Waals surface area contributed by atoms with Gasteiger partial charge in [-0.3, -0.25) is 0 Å². The fourth-order valence-electron chi connectivity index (χ4n) is 2.12. The van der Waals surface area contributed by atoms with Gasteiger partial charge in [-0.05, 0) is 38.8 Å². The molecule has 1 aliphatic rings. The summed E-state index contributed by atoms with van der Waals surface area (Å²) < 4.78 is 0. The molecule has 0 saturated carbocycles. The molecule has 2 heteroatoms. The standard InChI is InChI=1S/C10H21NO/c1-2-7-11-8-4-3-5-10(11)6-9-12/h10,12H,2-9H2,1H3/t10-/m0/s1. The van der Waals surface area contributed by atoms with Gasteiger partial charge in [-0.15, -0.1) is 0 Å². The fraction of sp³-hybridized carbons (Fsp3) is 1.00. The van der Waals surface area contributed by atoms with Crippen LogP contribution in [0.3, 0.4) is 0 Å². The van der Waals surface area contributed by atoms with Gasteiger partial charge < -0.3 is 10.0 Å². The third kappa shape index (κ3) is 2.76.